The van der Waals surface area contributed by atoms with E-state index in [0.29, 0.717) is 29.1 Å². The number of amides is 3. The number of urea groups is 1. The third kappa shape index (κ3) is 6.86. The lowest BCUT2D eigenvalue weighted by Crippen LogP contribution is -2.41. The first-order valence-corrected chi connectivity index (χ1v) is 12.4. The third-order valence-corrected chi connectivity index (χ3v) is 6.45. The Kier molecular flexibility index (Phi) is 7.82. The Morgan fingerprint density at radius 2 is 1.88 bits per heavy atom. The van der Waals surface area contributed by atoms with E-state index in [-0.39, 0.29) is 21.8 Å². The lowest BCUT2D eigenvalue weighted by molar-refractivity contribution is -0.117. The minimum absolute atomic E-state index is 0.00948. The molecule has 12 heteroatoms. The van der Waals surface area contributed by atoms with Crippen molar-refractivity contribution in [1.29, 1.82) is 0 Å². The molecule has 1 heterocycles. The fraction of sp³-hybridized carbons (Fsp3) is 0.286. The number of anilines is 1. The normalized spacial score (nSPS) is 11.4. The van der Waals surface area contributed by atoms with Crippen LogP contribution in [0.15, 0.2) is 57.0 Å². The first kappa shape index (κ1) is 24.4. The van der Waals surface area contributed by atoms with Gasteiger partial charge in [-0.1, -0.05) is 25.6 Å². The van der Waals surface area contributed by atoms with Gasteiger partial charge in [-0.3, -0.25) is 14.8 Å². The average molecular weight is 493 g/mol. The van der Waals surface area contributed by atoms with Crippen LogP contribution in [0.2, 0.25) is 0 Å². The van der Waals surface area contributed by atoms with E-state index in [1.165, 1.54) is 25.3 Å². The molecule has 3 amide bonds. The van der Waals surface area contributed by atoms with Crippen molar-refractivity contribution in [2.75, 3.05) is 24.1 Å². The number of ether oxygens (including phenoxy) is 1. The van der Waals surface area contributed by atoms with E-state index < -0.39 is 22.0 Å². The van der Waals surface area contributed by atoms with Crippen molar-refractivity contribution in [1.82, 2.24) is 15.6 Å². The number of rotatable bonds is 9. The molecule has 176 valence electrons. The van der Waals surface area contributed by atoms with Gasteiger partial charge in [0.2, 0.25) is 5.91 Å². The molecule has 0 saturated heterocycles. The summed E-state index contributed by atoms with van der Waals surface area (Å²) in [5.74, 6) is 0.277. The van der Waals surface area contributed by atoms with Gasteiger partial charge in [0.15, 0.2) is 5.58 Å². The molecule has 0 saturated carbocycles. The van der Waals surface area contributed by atoms with Crippen LogP contribution in [-0.2, 0) is 14.8 Å². The number of carbonyl (C=O) groups is 2. The van der Waals surface area contributed by atoms with Crippen LogP contribution in [0.4, 0.5) is 10.5 Å². The van der Waals surface area contributed by atoms with Crippen LogP contribution >= 0.6 is 11.8 Å². The Labute approximate surface area is 195 Å². The Balaban J connectivity index is 1.63. The van der Waals surface area contributed by atoms with Gasteiger partial charge in [0.25, 0.3) is 15.2 Å². The summed E-state index contributed by atoms with van der Waals surface area (Å²) in [6, 6.07) is 10.2. The largest absolute Gasteiger partial charge is 0.497 e. The second-order valence-electron chi connectivity index (χ2n) is 7.38. The maximum Gasteiger partial charge on any atom is 0.321 e. The smallest absolute Gasteiger partial charge is 0.321 e. The molecule has 0 unspecified atom stereocenters. The number of fused-ring (bicyclic) bond motifs is 1. The SMILES string of the molecule is COc1ccc(NS(=O)(=O)c2ccc3oc(SCC(=O)NC(=O)NCC(C)C)nc3c2)cc1. The number of hydrogen-bond donors (Lipinski definition) is 3. The van der Waals surface area contributed by atoms with Gasteiger partial charge in [-0.2, -0.15) is 0 Å². The molecule has 3 aromatic rings. The number of sulfonamides is 1. The maximum absolute atomic E-state index is 12.7. The van der Waals surface area contributed by atoms with Gasteiger partial charge in [0.1, 0.15) is 11.3 Å². The minimum Gasteiger partial charge on any atom is -0.497 e. The number of hydrogen-bond acceptors (Lipinski definition) is 8. The average Bonchev–Trinajstić information content (AvgIpc) is 3.19. The summed E-state index contributed by atoms with van der Waals surface area (Å²) in [6.45, 7) is 4.34. The van der Waals surface area contributed by atoms with E-state index in [4.69, 9.17) is 9.15 Å². The first-order valence-electron chi connectivity index (χ1n) is 9.94. The van der Waals surface area contributed by atoms with Crippen LogP contribution < -0.4 is 20.1 Å². The number of aromatic nitrogens is 1. The second kappa shape index (κ2) is 10.6. The molecular weight excluding hydrogens is 468 g/mol. The number of nitrogens with zero attached hydrogens (tertiary/aromatic N) is 1. The molecule has 0 aliphatic rings. The molecule has 0 atom stereocenters. The van der Waals surface area contributed by atoms with Crippen LogP contribution in [0.25, 0.3) is 11.1 Å². The van der Waals surface area contributed by atoms with Gasteiger partial charge in [-0.25, -0.2) is 18.2 Å². The van der Waals surface area contributed by atoms with Crippen molar-refractivity contribution in [2.45, 2.75) is 24.0 Å². The van der Waals surface area contributed by atoms with E-state index in [2.05, 4.69) is 20.3 Å². The van der Waals surface area contributed by atoms with Gasteiger partial charge in [0, 0.05) is 12.2 Å². The Bertz CT molecular complexity index is 1240. The zero-order valence-electron chi connectivity index (χ0n) is 18.2. The quantitative estimate of drug-likeness (QED) is 0.387. The Morgan fingerprint density at radius 3 is 2.55 bits per heavy atom. The summed E-state index contributed by atoms with van der Waals surface area (Å²) in [7, 11) is -2.33. The summed E-state index contributed by atoms with van der Waals surface area (Å²) in [4.78, 5) is 27.8. The molecule has 1 aromatic heterocycles. The summed E-state index contributed by atoms with van der Waals surface area (Å²) in [5.41, 5.74) is 1.08. The molecule has 0 bridgehead atoms. The van der Waals surface area contributed by atoms with E-state index >= 15 is 0 Å². The van der Waals surface area contributed by atoms with Gasteiger partial charge < -0.3 is 14.5 Å². The van der Waals surface area contributed by atoms with Crippen LogP contribution in [0.1, 0.15) is 13.8 Å². The Morgan fingerprint density at radius 1 is 1.15 bits per heavy atom. The number of methoxy groups -OCH3 is 1. The molecule has 2 aromatic carbocycles. The van der Waals surface area contributed by atoms with Crippen LogP contribution in [0.5, 0.6) is 5.75 Å². The fourth-order valence-electron chi connectivity index (χ4n) is 2.62. The van der Waals surface area contributed by atoms with Crippen LogP contribution in [-0.4, -0.2) is 44.7 Å². The second-order valence-corrected chi connectivity index (χ2v) is 9.99. The van der Waals surface area contributed by atoms with Crippen molar-refractivity contribution >= 4 is 50.5 Å². The van der Waals surface area contributed by atoms with Crippen molar-refractivity contribution in [2.24, 2.45) is 5.92 Å². The van der Waals surface area contributed by atoms with Gasteiger partial charge in [0.05, 0.1) is 17.8 Å². The van der Waals surface area contributed by atoms with E-state index in [1.807, 2.05) is 13.8 Å². The minimum atomic E-state index is -3.85. The molecule has 3 N–H and O–H groups in total. The predicted molar refractivity (Wildman–Crippen MR) is 125 cm³/mol. The van der Waals surface area contributed by atoms with Crippen molar-refractivity contribution in [3.8, 4) is 5.75 Å². The molecule has 0 spiro atoms. The number of carbonyl (C=O) groups excluding carboxylic acids is 2. The summed E-state index contributed by atoms with van der Waals surface area (Å²) in [6.07, 6.45) is 0. The zero-order chi connectivity index (χ0) is 24.0. The van der Waals surface area contributed by atoms with Gasteiger partial charge >= 0.3 is 6.03 Å². The van der Waals surface area contributed by atoms with E-state index in [1.54, 1.807) is 24.3 Å². The number of benzene rings is 2. The van der Waals surface area contributed by atoms with Crippen molar-refractivity contribution < 1.29 is 27.2 Å². The highest BCUT2D eigenvalue weighted by atomic mass is 32.2. The van der Waals surface area contributed by atoms with Gasteiger partial charge in [-0.05, 0) is 48.4 Å². The predicted octanol–water partition coefficient (Wildman–Crippen LogP) is 3.21. The standard InChI is InChI=1S/C21H24N4O6S2/c1-13(2)11-22-20(27)24-19(26)12-32-21-23-17-10-16(8-9-18(17)31-21)33(28,29)25-14-4-6-15(30-3)7-5-14/h4-10,13,25H,11-12H2,1-3H3,(H2,22,24,26,27). The molecule has 0 radical (unpaired) electrons. The maximum atomic E-state index is 12.7. The molecule has 0 aliphatic heterocycles. The van der Waals surface area contributed by atoms with Gasteiger partial charge in [-0.15, -0.1) is 0 Å². The number of nitrogens with one attached hydrogen (secondary N) is 3. The highest BCUT2D eigenvalue weighted by Crippen LogP contribution is 2.26. The molecule has 10 nitrogen and oxygen atoms in total. The topological polar surface area (TPSA) is 140 Å². The molecule has 3 rings (SSSR count). The lowest BCUT2D eigenvalue weighted by Gasteiger charge is -2.08. The Hall–Kier alpha value is -3.25. The molecular formula is C21H24N4O6S2. The van der Waals surface area contributed by atoms with Crippen molar-refractivity contribution in [3.05, 3.63) is 42.5 Å². The van der Waals surface area contributed by atoms with Crippen LogP contribution in [0, 0.1) is 5.92 Å². The van der Waals surface area contributed by atoms with Crippen LogP contribution in [0.3, 0.4) is 0 Å². The lowest BCUT2D eigenvalue weighted by atomic mass is 10.2. The summed E-state index contributed by atoms with van der Waals surface area (Å²) < 4.78 is 38.6. The number of thioether (sulfide) groups is 1. The fourth-order valence-corrected chi connectivity index (χ4v) is 4.34. The first-order chi connectivity index (χ1) is 15.7. The summed E-state index contributed by atoms with van der Waals surface area (Å²) >= 11 is 0.993. The number of oxazole rings is 1. The number of imide groups is 1. The zero-order valence-corrected chi connectivity index (χ0v) is 19.9. The molecule has 0 aliphatic carbocycles. The van der Waals surface area contributed by atoms with E-state index in [0.717, 1.165) is 11.8 Å². The monoisotopic (exact) mass is 492 g/mol. The summed E-state index contributed by atoms with van der Waals surface area (Å²) in [5, 5.41) is 4.99. The molecule has 0 fully saturated rings. The van der Waals surface area contributed by atoms with E-state index in [9.17, 15) is 18.0 Å². The highest BCUT2D eigenvalue weighted by molar-refractivity contribution is 7.99. The van der Waals surface area contributed by atoms with Crippen molar-refractivity contribution in [3.63, 3.8) is 0 Å². The molecule has 33 heavy (non-hydrogen) atoms. The highest BCUT2D eigenvalue weighted by Gasteiger charge is 2.18. The third-order valence-electron chi connectivity index (χ3n) is 4.24.